The first-order chi connectivity index (χ1) is 17.1. The second kappa shape index (κ2) is 9.86. The lowest BCUT2D eigenvalue weighted by Gasteiger charge is -2.16. The van der Waals surface area contributed by atoms with Crippen LogP contribution in [0.4, 0.5) is 18.9 Å². The molecule has 2 aromatic heterocycles. The monoisotopic (exact) mass is 499 g/mol. The Hall–Kier alpha value is -4.12. The maximum Gasteiger partial charge on any atom is 0.390 e. The minimum absolute atomic E-state index is 0.201. The fourth-order valence-electron chi connectivity index (χ4n) is 3.84. The standard InChI is InChI=1S/C25H24F3N5O3/c1-14-11-16(5-8-18(14)23(29)35)21-13-31-24-20(30-10-9-25(26,27)28)12-19(32-33(21)24)22(34)15-3-6-17(36-2)7-4-15/h3-8,11-13,22,30,34H,9-10H2,1-2H3,(H2,29,35). The maximum absolute atomic E-state index is 12.8. The molecule has 4 N–H and O–H groups in total. The van der Waals surface area contributed by atoms with E-state index < -0.39 is 24.6 Å². The molecule has 11 heteroatoms. The van der Waals surface area contributed by atoms with Crippen molar-refractivity contribution < 1.29 is 27.8 Å². The SMILES string of the molecule is COc1ccc(C(O)c2cc(NCCC(F)(F)F)c3ncc(-c4ccc(C(N)=O)c(C)c4)n3n2)cc1. The number of nitrogens with one attached hydrogen (secondary N) is 1. The first-order valence-electron chi connectivity index (χ1n) is 11.0. The minimum atomic E-state index is -4.33. The summed E-state index contributed by atoms with van der Waals surface area (Å²) in [6, 6.07) is 13.2. The van der Waals surface area contributed by atoms with E-state index in [4.69, 9.17) is 10.5 Å². The van der Waals surface area contributed by atoms with Crippen LogP contribution in [0.3, 0.4) is 0 Å². The number of amides is 1. The number of primary amides is 1. The average molecular weight is 499 g/mol. The van der Waals surface area contributed by atoms with Gasteiger partial charge in [0.05, 0.1) is 36.8 Å². The van der Waals surface area contributed by atoms with Crippen molar-refractivity contribution >= 4 is 17.2 Å². The van der Waals surface area contributed by atoms with Gasteiger partial charge in [-0.05, 0) is 48.4 Å². The highest BCUT2D eigenvalue weighted by Gasteiger charge is 2.27. The number of nitrogens with zero attached hydrogens (tertiary/aromatic N) is 3. The van der Waals surface area contributed by atoms with Crippen molar-refractivity contribution in [3.05, 3.63) is 77.1 Å². The van der Waals surface area contributed by atoms with Gasteiger partial charge < -0.3 is 20.9 Å². The Labute approximate surface area is 204 Å². The number of rotatable bonds is 8. The summed E-state index contributed by atoms with van der Waals surface area (Å²) in [6.07, 6.45) is -5.02. The van der Waals surface area contributed by atoms with Gasteiger partial charge in [-0.1, -0.05) is 18.2 Å². The van der Waals surface area contributed by atoms with E-state index in [0.717, 1.165) is 0 Å². The Morgan fingerprint density at radius 3 is 2.53 bits per heavy atom. The summed E-state index contributed by atoms with van der Waals surface area (Å²) in [6.45, 7) is 1.36. The minimum Gasteiger partial charge on any atom is -0.497 e. The van der Waals surface area contributed by atoms with Gasteiger partial charge >= 0.3 is 6.18 Å². The molecule has 2 heterocycles. The fourth-order valence-corrected chi connectivity index (χ4v) is 3.84. The average Bonchev–Trinajstić information content (AvgIpc) is 3.27. The molecule has 0 aliphatic rings. The van der Waals surface area contributed by atoms with E-state index >= 15 is 0 Å². The van der Waals surface area contributed by atoms with Gasteiger partial charge in [-0.25, -0.2) is 9.50 Å². The maximum atomic E-state index is 12.8. The lowest BCUT2D eigenvalue weighted by molar-refractivity contribution is -0.131. The molecule has 0 bridgehead atoms. The molecule has 36 heavy (non-hydrogen) atoms. The van der Waals surface area contributed by atoms with E-state index in [9.17, 15) is 23.1 Å². The number of carbonyl (C=O) groups excluding carboxylic acids is 1. The van der Waals surface area contributed by atoms with Crippen LogP contribution >= 0.6 is 0 Å². The molecule has 0 aliphatic carbocycles. The molecule has 0 saturated heterocycles. The van der Waals surface area contributed by atoms with Crippen LogP contribution in [0.2, 0.25) is 0 Å². The van der Waals surface area contributed by atoms with Crippen molar-refractivity contribution in [3.8, 4) is 17.0 Å². The van der Waals surface area contributed by atoms with E-state index in [-0.39, 0.29) is 23.6 Å². The molecule has 188 valence electrons. The quantitative estimate of drug-likeness (QED) is 0.334. The first kappa shape index (κ1) is 25.0. The number of nitrogens with two attached hydrogens (primary N) is 1. The first-order valence-corrected chi connectivity index (χ1v) is 11.0. The number of aliphatic hydroxyl groups is 1. The number of ether oxygens (including phenoxy) is 1. The summed E-state index contributed by atoms with van der Waals surface area (Å²) in [7, 11) is 1.53. The number of aryl methyl sites for hydroxylation is 1. The predicted octanol–water partition coefficient (Wildman–Crippen LogP) is 4.26. The lowest BCUT2D eigenvalue weighted by Crippen LogP contribution is -2.16. The number of hydrogen-bond acceptors (Lipinski definition) is 6. The van der Waals surface area contributed by atoms with E-state index in [2.05, 4.69) is 15.4 Å². The highest BCUT2D eigenvalue weighted by atomic mass is 19.4. The largest absolute Gasteiger partial charge is 0.497 e. The summed E-state index contributed by atoms with van der Waals surface area (Å²) >= 11 is 0. The molecule has 8 nitrogen and oxygen atoms in total. The molecule has 2 aromatic carbocycles. The smallest absolute Gasteiger partial charge is 0.390 e. The molecule has 0 radical (unpaired) electrons. The number of hydrogen-bond donors (Lipinski definition) is 3. The number of imidazole rings is 1. The van der Waals surface area contributed by atoms with E-state index in [0.29, 0.717) is 33.7 Å². The van der Waals surface area contributed by atoms with Gasteiger partial charge in [-0.15, -0.1) is 0 Å². The Balaban J connectivity index is 1.80. The Morgan fingerprint density at radius 1 is 1.19 bits per heavy atom. The normalized spacial score (nSPS) is 12.5. The van der Waals surface area contributed by atoms with Crippen LogP contribution in [0, 0.1) is 6.92 Å². The van der Waals surface area contributed by atoms with Gasteiger partial charge in [-0.3, -0.25) is 4.79 Å². The second-order valence-electron chi connectivity index (χ2n) is 8.22. The summed E-state index contributed by atoms with van der Waals surface area (Å²) in [5, 5.41) is 18.4. The zero-order valence-electron chi connectivity index (χ0n) is 19.5. The number of anilines is 1. The van der Waals surface area contributed by atoms with E-state index in [1.165, 1.54) is 23.9 Å². The zero-order chi connectivity index (χ0) is 26.0. The number of methoxy groups -OCH3 is 1. The number of aromatic nitrogens is 3. The molecular formula is C25H24F3N5O3. The van der Waals surface area contributed by atoms with Gasteiger partial charge in [-0.2, -0.15) is 18.3 Å². The molecular weight excluding hydrogens is 475 g/mol. The molecule has 4 rings (SSSR count). The highest BCUT2D eigenvalue weighted by molar-refractivity contribution is 5.94. The van der Waals surface area contributed by atoms with Crippen LogP contribution < -0.4 is 15.8 Å². The molecule has 0 aliphatic heterocycles. The topological polar surface area (TPSA) is 115 Å². The Bertz CT molecular complexity index is 1400. The Kier molecular flexibility index (Phi) is 6.84. The van der Waals surface area contributed by atoms with Crippen LogP contribution in [-0.4, -0.2) is 45.4 Å². The summed E-state index contributed by atoms with van der Waals surface area (Å²) in [4.78, 5) is 16.0. The third kappa shape index (κ3) is 5.25. The van der Waals surface area contributed by atoms with Crippen LogP contribution in [0.25, 0.3) is 16.9 Å². The molecule has 0 fully saturated rings. The number of benzene rings is 2. The third-order valence-corrected chi connectivity index (χ3v) is 5.71. The lowest BCUT2D eigenvalue weighted by atomic mass is 10.0. The second-order valence-corrected chi connectivity index (χ2v) is 8.22. The van der Waals surface area contributed by atoms with Gasteiger partial charge in [0.2, 0.25) is 5.91 Å². The van der Waals surface area contributed by atoms with E-state index in [1.807, 2.05) is 0 Å². The van der Waals surface area contributed by atoms with Gasteiger partial charge in [0, 0.05) is 17.7 Å². The van der Waals surface area contributed by atoms with Crippen molar-refractivity contribution in [3.63, 3.8) is 0 Å². The predicted molar refractivity (Wildman–Crippen MR) is 128 cm³/mol. The number of aliphatic hydroxyl groups excluding tert-OH is 1. The number of fused-ring (bicyclic) bond motifs is 1. The molecule has 1 amide bonds. The highest BCUT2D eigenvalue weighted by Crippen LogP contribution is 2.30. The van der Waals surface area contributed by atoms with E-state index in [1.54, 1.807) is 49.4 Å². The summed E-state index contributed by atoms with van der Waals surface area (Å²) in [5.41, 5.74) is 8.89. The number of halogens is 3. The van der Waals surface area contributed by atoms with Crippen LogP contribution in [0.15, 0.2) is 54.7 Å². The zero-order valence-corrected chi connectivity index (χ0v) is 19.5. The number of alkyl halides is 3. The molecule has 1 atom stereocenters. The van der Waals surface area contributed by atoms with Crippen LogP contribution in [-0.2, 0) is 0 Å². The third-order valence-electron chi connectivity index (χ3n) is 5.71. The van der Waals surface area contributed by atoms with Gasteiger partial charge in [0.15, 0.2) is 5.65 Å². The van der Waals surface area contributed by atoms with Crippen molar-refractivity contribution in [2.45, 2.75) is 25.6 Å². The Morgan fingerprint density at radius 2 is 1.92 bits per heavy atom. The molecule has 0 saturated carbocycles. The molecule has 0 spiro atoms. The van der Waals surface area contributed by atoms with Crippen molar-refractivity contribution in [2.75, 3.05) is 19.0 Å². The van der Waals surface area contributed by atoms with Crippen molar-refractivity contribution in [2.24, 2.45) is 5.73 Å². The molecule has 4 aromatic rings. The fraction of sp³-hybridized carbons (Fsp3) is 0.240. The van der Waals surface area contributed by atoms with Gasteiger partial charge in [0.25, 0.3) is 0 Å². The van der Waals surface area contributed by atoms with Crippen molar-refractivity contribution in [1.82, 2.24) is 14.6 Å². The molecule has 1 unspecified atom stereocenters. The summed E-state index contributed by atoms with van der Waals surface area (Å²) in [5.74, 6) is 0.0481. The van der Waals surface area contributed by atoms with Crippen LogP contribution in [0.5, 0.6) is 5.75 Å². The van der Waals surface area contributed by atoms with Crippen LogP contribution in [0.1, 0.15) is 39.7 Å². The van der Waals surface area contributed by atoms with Crippen molar-refractivity contribution in [1.29, 1.82) is 0 Å². The number of carbonyl (C=O) groups is 1. The van der Waals surface area contributed by atoms with Gasteiger partial charge in [0.1, 0.15) is 11.9 Å². The summed E-state index contributed by atoms with van der Waals surface area (Å²) < 4.78 is 44.9.